The molecule has 0 aromatic rings. The molecule has 0 atom stereocenters. The van der Waals surface area contributed by atoms with Gasteiger partial charge in [-0.25, -0.2) is 0 Å². The molecule has 1 aliphatic heterocycles. The summed E-state index contributed by atoms with van der Waals surface area (Å²) in [5.74, 6) is 0.0347. The molecule has 0 saturated heterocycles. The van der Waals surface area contributed by atoms with Crippen molar-refractivity contribution < 1.29 is 4.79 Å². The van der Waals surface area contributed by atoms with Gasteiger partial charge in [0.1, 0.15) is 0 Å². The molecule has 80 valence electrons. The molecule has 1 N–H and O–H groups in total. The number of carbonyl (C=O) groups is 1. The SMILES string of the molecule is CN1C=CN(C)C1C(=O)NC(C)(C)C. The molecular weight excluding hydrogens is 178 g/mol. The van der Waals surface area contributed by atoms with E-state index in [4.69, 9.17) is 0 Å². The second-order valence-corrected chi connectivity index (χ2v) is 4.74. The fraction of sp³-hybridized carbons (Fsp3) is 0.700. The summed E-state index contributed by atoms with van der Waals surface area (Å²) < 4.78 is 0. The maximum atomic E-state index is 11.8. The molecule has 14 heavy (non-hydrogen) atoms. The molecule has 0 saturated carbocycles. The number of likely N-dealkylation sites (N-methyl/N-ethyl adjacent to an activating group) is 2. The van der Waals surface area contributed by atoms with E-state index < -0.39 is 0 Å². The van der Waals surface area contributed by atoms with Crippen LogP contribution in [0.1, 0.15) is 20.8 Å². The fourth-order valence-corrected chi connectivity index (χ4v) is 1.46. The predicted molar refractivity (Wildman–Crippen MR) is 56.3 cm³/mol. The first-order chi connectivity index (χ1) is 6.31. The summed E-state index contributed by atoms with van der Waals surface area (Å²) in [6.07, 6.45) is 3.58. The van der Waals surface area contributed by atoms with Crippen LogP contribution in [0.25, 0.3) is 0 Å². The Bertz CT molecular complexity index is 243. The van der Waals surface area contributed by atoms with Crippen molar-refractivity contribution in [2.45, 2.75) is 32.5 Å². The molecule has 0 fully saturated rings. The highest BCUT2D eigenvalue weighted by molar-refractivity contribution is 5.82. The molecular formula is C10H19N3O. The van der Waals surface area contributed by atoms with Crippen LogP contribution in [0.2, 0.25) is 0 Å². The van der Waals surface area contributed by atoms with Crippen LogP contribution in [0.15, 0.2) is 12.4 Å². The Labute approximate surface area is 85.6 Å². The molecule has 4 nitrogen and oxygen atoms in total. The minimum atomic E-state index is -0.214. The van der Waals surface area contributed by atoms with E-state index in [2.05, 4.69) is 5.32 Å². The van der Waals surface area contributed by atoms with Crippen molar-refractivity contribution in [3.8, 4) is 0 Å². The first-order valence-corrected chi connectivity index (χ1v) is 4.75. The van der Waals surface area contributed by atoms with Crippen molar-refractivity contribution in [2.75, 3.05) is 14.1 Å². The first kappa shape index (κ1) is 10.9. The second-order valence-electron chi connectivity index (χ2n) is 4.74. The highest BCUT2D eigenvalue weighted by Gasteiger charge is 2.30. The summed E-state index contributed by atoms with van der Waals surface area (Å²) in [6.45, 7) is 5.94. The van der Waals surface area contributed by atoms with Crippen LogP contribution in [0.5, 0.6) is 0 Å². The van der Waals surface area contributed by atoms with Crippen LogP contribution in [0, 0.1) is 0 Å². The van der Waals surface area contributed by atoms with Crippen LogP contribution < -0.4 is 5.32 Å². The van der Waals surface area contributed by atoms with Crippen molar-refractivity contribution in [2.24, 2.45) is 0 Å². The molecule has 1 aliphatic rings. The van der Waals surface area contributed by atoms with Gasteiger partial charge < -0.3 is 15.1 Å². The van der Waals surface area contributed by atoms with Crippen molar-refractivity contribution in [3.63, 3.8) is 0 Å². The highest BCUT2D eigenvalue weighted by atomic mass is 16.2. The number of rotatable bonds is 1. The van der Waals surface area contributed by atoms with E-state index in [0.29, 0.717) is 0 Å². The number of hydrogen-bond acceptors (Lipinski definition) is 3. The number of amides is 1. The molecule has 0 bridgehead atoms. The third-order valence-corrected chi connectivity index (χ3v) is 2.04. The maximum Gasteiger partial charge on any atom is 0.263 e. The van der Waals surface area contributed by atoms with Crippen molar-refractivity contribution in [3.05, 3.63) is 12.4 Å². The quantitative estimate of drug-likeness (QED) is 0.668. The van der Waals surface area contributed by atoms with E-state index in [9.17, 15) is 4.79 Å². The van der Waals surface area contributed by atoms with Gasteiger partial charge in [0.2, 0.25) is 0 Å². The largest absolute Gasteiger partial charge is 0.351 e. The minimum Gasteiger partial charge on any atom is -0.351 e. The molecule has 0 unspecified atom stereocenters. The zero-order valence-electron chi connectivity index (χ0n) is 9.53. The van der Waals surface area contributed by atoms with E-state index >= 15 is 0 Å². The lowest BCUT2D eigenvalue weighted by Crippen LogP contribution is -2.53. The summed E-state index contributed by atoms with van der Waals surface area (Å²) in [4.78, 5) is 15.6. The summed E-state index contributed by atoms with van der Waals surface area (Å²) in [7, 11) is 3.79. The van der Waals surface area contributed by atoms with Gasteiger partial charge in [0.25, 0.3) is 5.91 Å². The third kappa shape index (κ3) is 2.40. The van der Waals surface area contributed by atoms with Crippen LogP contribution >= 0.6 is 0 Å². The van der Waals surface area contributed by atoms with E-state index in [1.165, 1.54) is 0 Å². The van der Waals surface area contributed by atoms with Gasteiger partial charge >= 0.3 is 0 Å². The van der Waals surface area contributed by atoms with Gasteiger partial charge in [-0.15, -0.1) is 0 Å². The Morgan fingerprint density at radius 3 is 2.00 bits per heavy atom. The van der Waals surface area contributed by atoms with Gasteiger partial charge in [-0.05, 0) is 20.8 Å². The average Bonchev–Trinajstić information content (AvgIpc) is 2.27. The Kier molecular flexibility index (Phi) is 2.73. The average molecular weight is 197 g/mol. The van der Waals surface area contributed by atoms with E-state index in [0.717, 1.165) is 0 Å². The number of nitrogens with zero attached hydrogens (tertiary/aromatic N) is 2. The maximum absolute atomic E-state index is 11.8. The Morgan fingerprint density at radius 1 is 1.21 bits per heavy atom. The predicted octanol–water partition coefficient (Wildman–Crippen LogP) is 0.576. The first-order valence-electron chi connectivity index (χ1n) is 4.75. The standard InChI is InChI=1S/C10H19N3O/c1-10(2,3)11-8(14)9-12(4)6-7-13(9)5/h6-7,9H,1-5H3,(H,11,14). The van der Waals surface area contributed by atoms with Crippen molar-refractivity contribution in [1.82, 2.24) is 15.1 Å². The lowest BCUT2D eigenvalue weighted by atomic mass is 10.1. The van der Waals surface area contributed by atoms with Crippen molar-refractivity contribution in [1.29, 1.82) is 0 Å². The number of nitrogens with one attached hydrogen (secondary N) is 1. The van der Waals surface area contributed by atoms with Gasteiger partial charge in [0.05, 0.1) is 0 Å². The Hall–Kier alpha value is -1.19. The Morgan fingerprint density at radius 2 is 1.64 bits per heavy atom. The van der Waals surface area contributed by atoms with E-state index in [1.54, 1.807) is 0 Å². The summed E-state index contributed by atoms with van der Waals surface area (Å²) in [6, 6.07) is 0. The highest BCUT2D eigenvalue weighted by Crippen LogP contribution is 2.12. The van der Waals surface area contributed by atoms with Gasteiger partial charge in [-0.2, -0.15) is 0 Å². The van der Waals surface area contributed by atoms with Gasteiger partial charge in [-0.3, -0.25) is 4.79 Å². The summed E-state index contributed by atoms with van der Waals surface area (Å²) >= 11 is 0. The van der Waals surface area contributed by atoms with E-state index in [1.807, 2.05) is 57.1 Å². The van der Waals surface area contributed by atoms with E-state index in [-0.39, 0.29) is 17.6 Å². The van der Waals surface area contributed by atoms with Gasteiger partial charge in [0.15, 0.2) is 6.17 Å². The lowest BCUT2D eigenvalue weighted by molar-refractivity contribution is -0.129. The smallest absolute Gasteiger partial charge is 0.263 e. The molecule has 0 radical (unpaired) electrons. The van der Waals surface area contributed by atoms with Crippen LogP contribution in [0.4, 0.5) is 0 Å². The third-order valence-electron chi connectivity index (χ3n) is 2.04. The number of hydrogen-bond donors (Lipinski definition) is 1. The molecule has 0 aromatic heterocycles. The molecule has 1 rings (SSSR count). The molecule has 0 aromatic carbocycles. The molecule has 4 heteroatoms. The van der Waals surface area contributed by atoms with Crippen LogP contribution in [0.3, 0.4) is 0 Å². The molecule has 0 aliphatic carbocycles. The molecule has 1 amide bonds. The van der Waals surface area contributed by atoms with Crippen LogP contribution in [-0.4, -0.2) is 41.5 Å². The normalized spacial score (nSPS) is 17.8. The minimum absolute atomic E-state index is 0.0347. The summed E-state index contributed by atoms with van der Waals surface area (Å²) in [5, 5.41) is 2.96. The topological polar surface area (TPSA) is 35.6 Å². The molecule has 1 heterocycles. The van der Waals surface area contributed by atoms with Gasteiger partial charge in [-0.1, -0.05) is 0 Å². The molecule has 0 spiro atoms. The lowest BCUT2D eigenvalue weighted by Gasteiger charge is -2.30. The Balaban J connectivity index is 2.62. The van der Waals surface area contributed by atoms with Crippen LogP contribution in [-0.2, 0) is 4.79 Å². The van der Waals surface area contributed by atoms with Gasteiger partial charge in [0, 0.05) is 32.0 Å². The second kappa shape index (κ2) is 3.52. The zero-order valence-corrected chi connectivity index (χ0v) is 9.53. The monoisotopic (exact) mass is 197 g/mol. The number of carbonyl (C=O) groups excluding carboxylic acids is 1. The fourth-order valence-electron chi connectivity index (χ4n) is 1.46. The summed E-state index contributed by atoms with van der Waals surface area (Å²) in [5.41, 5.74) is -0.179. The van der Waals surface area contributed by atoms with Crippen molar-refractivity contribution >= 4 is 5.91 Å². The zero-order chi connectivity index (χ0) is 10.9.